The Bertz CT molecular complexity index is 160. The molecule has 0 aromatic carbocycles. The lowest BCUT2D eigenvalue weighted by atomic mass is 10.4. The van der Waals surface area contributed by atoms with Crippen molar-refractivity contribution < 1.29 is 4.79 Å². The van der Waals surface area contributed by atoms with Crippen molar-refractivity contribution in [2.45, 2.75) is 25.3 Å². The van der Waals surface area contributed by atoms with Crippen LogP contribution in [0.4, 0.5) is 0 Å². The molecule has 2 N–H and O–H groups in total. The van der Waals surface area contributed by atoms with E-state index in [-0.39, 0.29) is 5.91 Å². The summed E-state index contributed by atoms with van der Waals surface area (Å²) in [6.45, 7) is 1.30. The number of rotatable bonds is 7. The standard InChI is InChI=1S/C9H18N2OS/c1-13-6-2-5-10-9(12)7-11-8-3-4-8/h8,11H,2-7H2,1H3,(H,10,12). The summed E-state index contributed by atoms with van der Waals surface area (Å²) in [5, 5.41) is 6.07. The number of hydrogen-bond donors (Lipinski definition) is 2. The van der Waals surface area contributed by atoms with Gasteiger partial charge in [0.15, 0.2) is 0 Å². The number of thioether (sulfide) groups is 1. The molecule has 0 heterocycles. The maximum absolute atomic E-state index is 11.2. The third-order valence-corrected chi connectivity index (χ3v) is 2.67. The van der Waals surface area contributed by atoms with Crippen LogP contribution in [0.15, 0.2) is 0 Å². The molecule has 1 fully saturated rings. The van der Waals surface area contributed by atoms with E-state index in [4.69, 9.17) is 0 Å². The molecule has 0 saturated heterocycles. The van der Waals surface area contributed by atoms with E-state index in [0.29, 0.717) is 12.6 Å². The fourth-order valence-corrected chi connectivity index (χ4v) is 1.46. The van der Waals surface area contributed by atoms with Gasteiger partial charge in [-0.05, 0) is 31.3 Å². The van der Waals surface area contributed by atoms with Crippen LogP contribution in [0.25, 0.3) is 0 Å². The van der Waals surface area contributed by atoms with Crippen molar-refractivity contribution in [3.8, 4) is 0 Å². The molecule has 1 amide bonds. The van der Waals surface area contributed by atoms with Crippen LogP contribution in [-0.4, -0.2) is 37.0 Å². The van der Waals surface area contributed by atoms with Gasteiger partial charge in [-0.1, -0.05) is 0 Å². The molecule has 0 unspecified atom stereocenters. The SMILES string of the molecule is CSCCCNC(=O)CNC1CC1. The molecule has 0 atom stereocenters. The summed E-state index contributed by atoms with van der Waals surface area (Å²) in [6, 6.07) is 0.622. The Balaban J connectivity index is 1.84. The highest BCUT2D eigenvalue weighted by Crippen LogP contribution is 2.17. The largest absolute Gasteiger partial charge is 0.355 e. The Kier molecular flexibility index (Phi) is 5.23. The van der Waals surface area contributed by atoms with Crippen LogP contribution >= 0.6 is 11.8 Å². The van der Waals surface area contributed by atoms with Gasteiger partial charge in [-0.3, -0.25) is 4.79 Å². The number of nitrogens with one attached hydrogen (secondary N) is 2. The van der Waals surface area contributed by atoms with E-state index >= 15 is 0 Å². The van der Waals surface area contributed by atoms with Gasteiger partial charge in [-0.2, -0.15) is 11.8 Å². The Morgan fingerprint density at radius 2 is 2.31 bits per heavy atom. The molecule has 0 aliphatic heterocycles. The molecule has 0 radical (unpaired) electrons. The van der Waals surface area contributed by atoms with E-state index in [9.17, 15) is 4.79 Å². The third-order valence-electron chi connectivity index (χ3n) is 1.98. The number of hydrogen-bond acceptors (Lipinski definition) is 3. The molecule has 0 bridgehead atoms. The fourth-order valence-electron chi connectivity index (χ4n) is 1.03. The van der Waals surface area contributed by atoms with Crippen LogP contribution < -0.4 is 10.6 Å². The van der Waals surface area contributed by atoms with Gasteiger partial charge >= 0.3 is 0 Å². The van der Waals surface area contributed by atoms with Crippen LogP contribution in [0.5, 0.6) is 0 Å². The van der Waals surface area contributed by atoms with Crippen LogP contribution in [0.2, 0.25) is 0 Å². The topological polar surface area (TPSA) is 41.1 Å². The van der Waals surface area contributed by atoms with Gasteiger partial charge in [0, 0.05) is 12.6 Å². The molecule has 1 saturated carbocycles. The monoisotopic (exact) mass is 202 g/mol. The molecule has 4 heteroatoms. The molecule has 0 aromatic heterocycles. The van der Waals surface area contributed by atoms with Gasteiger partial charge in [0.1, 0.15) is 0 Å². The van der Waals surface area contributed by atoms with E-state index < -0.39 is 0 Å². The predicted octanol–water partition coefficient (Wildman–Crippen LogP) is 0.608. The highest BCUT2D eigenvalue weighted by Gasteiger charge is 2.20. The number of amides is 1. The molecule has 1 aliphatic carbocycles. The van der Waals surface area contributed by atoms with Crippen molar-refractivity contribution in [3.05, 3.63) is 0 Å². The predicted molar refractivity (Wildman–Crippen MR) is 57.0 cm³/mol. The summed E-state index contributed by atoms with van der Waals surface area (Å²) in [5.41, 5.74) is 0. The Morgan fingerprint density at radius 3 is 2.92 bits per heavy atom. The Hall–Kier alpha value is -0.220. The van der Waals surface area contributed by atoms with Crippen molar-refractivity contribution in [3.63, 3.8) is 0 Å². The lowest BCUT2D eigenvalue weighted by molar-refractivity contribution is -0.120. The van der Waals surface area contributed by atoms with Crippen LogP contribution in [0.1, 0.15) is 19.3 Å². The summed E-state index contributed by atoms with van der Waals surface area (Å²) in [4.78, 5) is 11.2. The maximum Gasteiger partial charge on any atom is 0.233 e. The highest BCUT2D eigenvalue weighted by atomic mass is 32.2. The molecule has 3 nitrogen and oxygen atoms in total. The summed E-state index contributed by atoms with van der Waals surface area (Å²) < 4.78 is 0. The second-order valence-corrected chi connectivity index (χ2v) is 4.34. The minimum absolute atomic E-state index is 0.132. The molecule has 1 rings (SSSR count). The van der Waals surface area contributed by atoms with E-state index in [2.05, 4.69) is 16.9 Å². The lowest BCUT2D eigenvalue weighted by Gasteiger charge is -2.04. The lowest BCUT2D eigenvalue weighted by Crippen LogP contribution is -2.35. The summed E-state index contributed by atoms with van der Waals surface area (Å²) >= 11 is 1.81. The minimum Gasteiger partial charge on any atom is -0.355 e. The maximum atomic E-state index is 11.2. The van der Waals surface area contributed by atoms with Gasteiger partial charge in [0.25, 0.3) is 0 Å². The zero-order chi connectivity index (χ0) is 9.52. The van der Waals surface area contributed by atoms with Gasteiger partial charge in [-0.25, -0.2) is 0 Å². The fraction of sp³-hybridized carbons (Fsp3) is 0.889. The van der Waals surface area contributed by atoms with Gasteiger partial charge in [-0.15, -0.1) is 0 Å². The summed E-state index contributed by atoms with van der Waals surface area (Å²) in [6.07, 6.45) is 5.62. The first-order chi connectivity index (χ1) is 6.33. The zero-order valence-corrected chi connectivity index (χ0v) is 8.95. The van der Waals surface area contributed by atoms with Crippen molar-refractivity contribution in [1.29, 1.82) is 0 Å². The zero-order valence-electron chi connectivity index (χ0n) is 8.14. The first kappa shape index (κ1) is 10.9. The second kappa shape index (κ2) is 6.27. The Labute approximate surface area is 84.0 Å². The van der Waals surface area contributed by atoms with E-state index in [1.54, 1.807) is 0 Å². The molecule has 76 valence electrons. The van der Waals surface area contributed by atoms with Crippen molar-refractivity contribution >= 4 is 17.7 Å². The van der Waals surface area contributed by atoms with Crippen LogP contribution in [0.3, 0.4) is 0 Å². The van der Waals surface area contributed by atoms with Crippen LogP contribution in [-0.2, 0) is 4.79 Å². The van der Waals surface area contributed by atoms with E-state index in [1.807, 2.05) is 11.8 Å². The normalized spacial score (nSPS) is 15.8. The smallest absolute Gasteiger partial charge is 0.233 e. The van der Waals surface area contributed by atoms with Gasteiger partial charge in [0.2, 0.25) is 5.91 Å². The summed E-state index contributed by atoms with van der Waals surface area (Å²) in [7, 11) is 0. The average molecular weight is 202 g/mol. The molecule has 0 spiro atoms. The number of carbonyl (C=O) groups excluding carboxylic acids is 1. The van der Waals surface area contributed by atoms with Crippen molar-refractivity contribution in [1.82, 2.24) is 10.6 Å². The minimum atomic E-state index is 0.132. The molecular formula is C9H18N2OS. The first-order valence-electron chi connectivity index (χ1n) is 4.82. The highest BCUT2D eigenvalue weighted by molar-refractivity contribution is 7.98. The molecule has 13 heavy (non-hydrogen) atoms. The summed E-state index contributed by atoms with van der Waals surface area (Å²) in [5.74, 6) is 1.25. The van der Waals surface area contributed by atoms with E-state index in [1.165, 1.54) is 12.8 Å². The van der Waals surface area contributed by atoms with Gasteiger partial charge in [0.05, 0.1) is 6.54 Å². The Morgan fingerprint density at radius 1 is 1.54 bits per heavy atom. The average Bonchev–Trinajstić information content (AvgIpc) is 2.92. The van der Waals surface area contributed by atoms with Crippen molar-refractivity contribution in [2.24, 2.45) is 0 Å². The first-order valence-corrected chi connectivity index (χ1v) is 6.21. The molecular weight excluding hydrogens is 184 g/mol. The molecule has 1 aliphatic rings. The number of carbonyl (C=O) groups is 1. The quantitative estimate of drug-likeness (QED) is 0.594. The molecule has 0 aromatic rings. The van der Waals surface area contributed by atoms with Gasteiger partial charge < -0.3 is 10.6 Å². The van der Waals surface area contributed by atoms with Crippen molar-refractivity contribution in [2.75, 3.05) is 25.1 Å². The van der Waals surface area contributed by atoms with Crippen LogP contribution in [0, 0.1) is 0 Å². The second-order valence-electron chi connectivity index (χ2n) is 3.35. The van der Waals surface area contributed by atoms with E-state index in [0.717, 1.165) is 18.7 Å². The third kappa shape index (κ3) is 5.93.